The molecular formula is C16H27N. The predicted molar refractivity (Wildman–Crippen MR) is 76.3 cm³/mol. The lowest BCUT2D eigenvalue weighted by Gasteiger charge is -2.22. The van der Waals surface area contributed by atoms with Crippen LogP contribution in [0.25, 0.3) is 0 Å². The number of rotatable bonds is 7. The summed E-state index contributed by atoms with van der Waals surface area (Å²) in [7, 11) is 0. The highest BCUT2D eigenvalue weighted by molar-refractivity contribution is 5.24. The third-order valence-corrected chi connectivity index (χ3v) is 3.46. The fraction of sp³-hybridized carbons (Fsp3) is 0.625. The summed E-state index contributed by atoms with van der Waals surface area (Å²) in [6, 6.07) is 9.49. The van der Waals surface area contributed by atoms with Crippen LogP contribution in [0.4, 0.5) is 0 Å². The van der Waals surface area contributed by atoms with E-state index in [4.69, 9.17) is 0 Å². The van der Waals surface area contributed by atoms with Crippen LogP contribution in [-0.2, 0) is 0 Å². The molecular weight excluding hydrogens is 206 g/mol. The smallest absolute Gasteiger partial charge is 0.0322 e. The minimum atomic E-state index is 0.519. The van der Waals surface area contributed by atoms with Crippen molar-refractivity contribution in [3.63, 3.8) is 0 Å². The van der Waals surface area contributed by atoms with Crippen LogP contribution in [0.15, 0.2) is 24.3 Å². The summed E-state index contributed by atoms with van der Waals surface area (Å²) >= 11 is 0. The van der Waals surface area contributed by atoms with Crippen LogP contribution in [0, 0.1) is 12.8 Å². The molecule has 1 rings (SSSR count). The van der Waals surface area contributed by atoms with Crippen molar-refractivity contribution in [3.8, 4) is 0 Å². The standard InChI is InChI=1S/C16H27N/c1-5-11-17-16(12-13(3)6-2)15-9-7-14(4)8-10-15/h7-10,13,16-17H,5-6,11-12H2,1-4H3. The van der Waals surface area contributed by atoms with Crippen molar-refractivity contribution in [2.75, 3.05) is 6.54 Å². The summed E-state index contributed by atoms with van der Waals surface area (Å²) in [6.45, 7) is 10.1. The van der Waals surface area contributed by atoms with Gasteiger partial charge in [-0.2, -0.15) is 0 Å². The molecule has 2 unspecified atom stereocenters. The molecule has 0 bridgehead atoms. The highest BCUT2D eigenvalue weighted by atomic mass is 14.9. The van der Waals surface area contributed by atoms with Crippen molar-refractivity contribution >= 4 is 0 Å². The summed E-state index contributed by atoms with van der Waals surface area (Å²) < 4.78 is 0. The van der Waals surface area contributed by atoms with Crippen LogP contribution in [-0.4, -0.2) is 6.54 Å². The molecule has 0 aromatic heterocycles. The fourth-order valence-electron chi connectivity index (χ4n) is 2.02. The highest BCUT2D eigenvalue weighted by Gasteiger charge is 2.13. The molecule has 2 atom stereocenters. The Balaban J connectivity index is 2.70. The van der Waals surface area contributed by atoms with Gasteiger partial charge in [0.15, 0.2) is 0 Å². The zero-order valence-corrected chi connectivity index (χ0v) is 11.8. The van der Waals surface area contributed by atoms with Gasteiger partial charge in [0.05, 0.1) is 0 Å². The van der Waals surface area contributed by atoms with Crippen molar-refractivity contribution in [2.24, 2.45) is 5.92 Å². The van der Waals surface area contributed by atoms with Crippen LogP contribution in [0.1, 0.15) is 57.2 Å². The first-order valence-electron chi connectivity index (χ1n) is 6.97. The van der Waals surface area contributed by atoms with Crippen molar-refractivity contribution in [1.29, 1.82) is 0 Å². The molecule has 1 heteroatoms. The number of nitrogens with one attached hydrogen (secondary N) is 1. The van der Waals surface area contributed by atoms with Gasteiger partial charge in [-0.25, -0.2) is 0 Å². The maximum absolute atomic E-state index is 3.67. The topological polar surface area (TPSA) is 12.0 Å². The van der Waals surface area contributed by atoms with Crippen LogP contribution < -0.4 is 5.32 Å². The highest BCUT2D eigenvalue weighted by Crippen LogP contribution is 2.23. The minimum Gasteiger partial charge on any atom is -0.310 e. The van der Waals surface area contributed by atoms with Gasteiger partial charge in [-0.1, -0.05) is 57.0 Å². The van der Waals surface area contributed by atoms with Gasteiger partial charge in [-0.15, -0.1) is 0 Å². The Morgan fingerprint density at radius 3 is 2.29 bits per heavy atom. The number of aryl methyl sites for hydroxylation is 1. The van der Waals surface area contributed by atoms with Crippen LogP contribution >= 0.6 is 0 Å². The molecule has 0 saturated heterocycles. The molecule has 1 N–H and O–H groups in total. The summed E-state index contributed by atoms with van der Waals surface area (Å²) in [5.41, 5.74) is 2.77. The molecule has 0 radical (unpaired) electrons. The minimum absolute atomic E-state index is 0.519. The Labute approximate surface area is 107 Å². The molecule has 0 aliphatic rings. The van der Waals surface area contributed by atoms with Gasteiger partial charge >= 0.3 is 0 Å². The van der Waals surface area contributed by atoms with E-state index in [-0.39, 0.29) is 0 Å². The quantitative estimate of drug-likeness (QED) is 0.732. The van der Waals surface area contributed by atoms with Gasteiger partial charge < -0.3 is 5.32 Å². The van der Waals surface area contributed by atoms with E-state index in [2.05, 4.69) is 57.3 Å². The first kappa shape index (κ1) is 14.2. The van der Waals surface area contributed by atoms with Gasteiger partial charge in [0.1, 0.15) is 0 Å². The van der Waals surface area contributed by atoms with Crippen molar-refractivity contribution in [1.82, 2.24) is 5.32 Å². The Kier molecular flexibility index (Phi) is 6.28. The maximum atomic E-state index is 3.67. The van der Waals surface area contributed by atoms with Crippen LogP contribution in [0.2, 0.25) is 0 Å². The van der Waals surface area contributed by atoms with Crippen LogP contribution in [0.3, 0.4) is 0 Å². The summed E-state index contributed by atoms with van der Waals surface area (Å²) in [5.74, 6) is 0.783. The van der Waals surface area contributed by atoms with Gasteiger partial charge in [0.25, 0.3) is 0 Å². The number of hydrogen-bond acceptors (Lipinski definition) is 1. The van der Waals surface area contributed by atoms with Gasteiger partial charge in [-0.3, -0.25) is 0 Å². The van der Waals surface area contributed by atoms with Gasteiger partial charge in [0.2, 0.25) is 0 Å². The maximum Gasteiger partial charge on any atom is 0.0322 e. The molecule has 1 aromatic carbocycles. The second-order valence-corrected chi connectivity index (χ2v) is 5.17. The largest absolute Gasteiger partial charge is 0.310 e. The number of benzene rings is 1. The predicted octanol–water partition coefficient (Wildman–Crippen LogP) is 4.47. The van der Waals surface area contributed by atoms with E-state index < -0.39 is 0 Å². The molecule has 0 fully saturated rings. The third kappa shape index (κ3) is 4.91. The Morgan fingerprint density at radius 2 is 1.76 bits per heavy atom. The molecule has 1 aromatic rings. The molecule has 96 valence electrons. The SMILES string of the molecule is CCCNC(CC(C)CC)c1ccc(C)cc1. The lowest BCUT2D eigenvalue weighted by molar-refractivity contribution is 0.402. The normalized spacial score (nSPS) is 14.6. The molecule has 0 amide bonds. The van der Waals surface area contributed by atoms with Crippen molar-refractivity contribution in [3.05, 3.63) is 35.4 Å². The third-order valence-electron chi connectivity index (χ3n) is 3.46. The molecule has 0 saturated carbocycles. The molecule has 0 spiro atoms. The van der Waals surface area contributed by atoms with E-state index >= 15 is 0 Å². The monoisotopic (exact) mass is 233 g/mol. The van der Waals surface area contributed by atoms with Gasteiger partial charge in [0, 0.05) is 6.04 Å². The summed E-state index contributed by atoms with van der Waals surface area (Å²) in [5, 5.41) is 3.67. The van der Waals surface area contributed by atoms with E-state index in [9.17, 15) is 0 Å². The lowest BCUT2D eigenvalue weighted by Crippen LogP contribution is -2.23. The fourth-order valence-corrected chi connectivity index (χ4v) is 2.02. The average molecular weight is 233 g/mol. The lowest BCUT2D eigenvalue weighted by atomic mass is 9.93. The van der Waals surface area contributed by atoms with E-state index in [0.29, 0.717) is 6.04 Å². The van der Waals surface area contributed by atoms with E-state index in [1.165, 1.54) is 30.4 Å². The second kappa shape index (κ2) is 7.50. The average Bonchev–Trinajstić information content (AvgIpc) is 2.35. The zero-order chi connectivity index (χ0) is 12.7. The number of hydrogen-bond donors (Lipinski definition) is 1. The van der Waals surface area contributed by atoms with Crippen molar-refractivity contribution < 1.29 is 0 Å². The van der Waals surface area contributed by atoms with E-state index in [1.807, 2.05) is 0 Å². The molecule has 17 heavy (non-hydrogen) atoms. The van der Waals surface area contributed by atoms with Gasteiger partial charge in [-0.05, 0) is 37.8 Å². The molecule has 0 heterocycles. The van der Waals surface area contributed by atoms with E-state index in [1.54, 1.807) is 0 Å². The molecule has 0 aliphatic heterocycles. The molecule has 0 aliphatic carbocycles. The van der Waals surface area contributed by atoms with Crippen LogP contribution in [0.5, 0.6) is 0 Å². The first-order chi connectivity index (χ1) is 8.17. The molecule has 1 nitrogen and oxygen atoms in total. The van der Waals surface area contributed by atoms with Crippen molar-refractivity contribution in [2.45, 2.75) is 53.0 Å². The summed E-state index contributed by atoms with van der Waals surface area (Å²) in [4.78, 5) is 0. The Hall–Kier alpha value is -0.820. The summed E-state index contributed by atoms with van der Waals surface area (Å²) in [6.07, 6.45) is 3.69. The Bertz CT molecular complexity index is 302. The second-order valence-electron chi connectivity index (χ2n) is 5.17. The first-order valence-corrected chi connectivity index (χ1v) is 6.97. The Morgan fingerprint density at radius 1 is 1.12 bits per heavy atom. The van der Waals surface area contributed by atoms with E-state index in [0.717, 1.165) is 12.5 Å². The zero-order valence-electron chi connectivity index (χ0n) is 11.8.